The summed E-state index contributed by atoms with van der Waals surface area (Å²) in [5, 5.41) is 0. The van der Waals surface area contributed by atoms with Crippen LogP contribution in [0.15, 0.2) is 16.5 Å². The van der Waals surface area contributed by atoms with Crippen LogP contribution in [0.25, 0.3) is 0 Å². The zero-order valence-corrected chi connectivity index (χ0v) is 6.92. The van der Waals surface area contributed by atoms with Gasteiger partial charge in [-0.05, 0) is 13.0 Å². The molecule has 0 unspecified atom stereocenters. The zero-order valence-electron chi connectivity index (χ0n) is 6.11. The van der Waals surface area contributed by atoms with E-state index < -0.39 is 11.9 Å². The molecule has 0 atom stereocenters. The molecule has 0 amide bonds. The Labute approximate surface area is 71.8 Å². The van der Waals surface area contributed by atoms with Gasteiger partial charge in [0.1, 0.15) is 5.76 Å². The number of aryl methyl sites for hydroxylation is 1. The molecule has 1 heterocycles. The van der Waals surface area contributed by atoms with Crippen LogP contribution in [0.4, 0.5) is 13.2 Å². The highest BCUT2D eigenvalue weighted by atomic mass is 32.1. The smallest absolute Gasteiger partial charge is 0.449 e. The molecule has 0 aliphatic rings. The molecule has 0 spiro atoms. The standard InChI is InChI=1S/C7H5F3OS/c1-4-2-5(12)3-6(11-4)7(8,9)10/h2-3H,1H3. The van der Waals surface area contributed by atoms with E-state index in [9.17, 15) is 13.2 Å². The van der Waals surface area contributed by atoms with Crippen molar-refractivity contribution in [2.24, 2.45) is 0 Å². The van der Waals surface area contributed by atoms with Crippen LogP contribution in [0.5, 0.6) is 0 Å². The lowest BCUT2D eigenvalue weighted by Crippen LogP contribution is -2.04. The molecule has 0 aliphatic carbocycles. The average molecular weight is 194 g/mol. The molecule has 1 nitrogen and oxygen atoms in total. The highest BCUT2D eigenvalue weighted by molar-refractivity contribution is 7.71. The van der Waals surface area contributed by atoms with Crippen LogP contribution < -0.4 is 0 Å². The Hall–Kier alpha value is -0.840. The molecule has 0 aliphatic heterocycles. The van der Waals surface area contributed by atoms with E-state index in [1.54, 1.807) is 0 Å². The maximum Gasteiger partial charge on any atom is 0.449 e. The third-order valence-corrected chi connectivity index (χ3v) is 1.40. The third kappa shape index (κ3) is 2.07. The van der Waals surface area contributed by atoms with Gasteiger partial charge in [0.2, 0.25) is 5.76 Å². The molecule has 1 aromatic rings. The van der Waals surface area contributed by atoms with E-state index in [1.165, 1.54) is 13.0 Å². The minimum absolute atomic E-state index is 0.131. The second-order valence-corrected chi connectivity index (χ2v) is 2.74. The summed E-state index contributed by atoms with van der Waals surface area (Å²) in [5.74, 6) is -0.887. The van der Waals surface area contributed by atoms with Gasteiger partial charge in [-0.25, -0.2) is 0 Å². The van der Waals surface area contributed by atoms with Crippen LogP contribution >= 0.6 is 12.2 Å². The van der Waals surface area contributed by atoms with Crippen LogP contribution in [0, 0.1) is 11.4 Å². The minimum atomic E-state index is -4.46. The molecule has 0 aromatic carbocycles. The number of hydrogen-bond acceptors (Lipinski definition) is 2. The summed E-state index contributed by atoms with van der Waals surface area (Å²) < 4.78 is 40.6. The summed E-state index contributed by atoms with van der Waals surface area (Å²) in [6.07, 6.45) is -4.46. The molecule has 12 heavy (non-hydrogen) atoms. The summed E-state index contributed by atoms with van der Waals surface area (Å²) >= 11 is 4.60. The molecular weight excluding hydrogens is 189 g/mol. The Morgan fingerprint density at radius 2 is 1.92 bits per heavy atom. The van der Waals surface area contributed by atoms with Crippen molar-refractivity contribution in [2.75, 3.05) is 0 Å². The monoisotopic (exact) mass is 194 g/mol. The van der Waals surface area contributed by atoms with Gasteiger partial charge in [-0.2, -0.15) is 13.2 Å². The Balaban J connectivity index is 3.27. The first kappa shape index (κ1) is 9.25. The highest BCUT2D eigenvalue weighted by Crippen LogP contribution is 2.29. The summed E-state index contributed by atoms with van der Waals surface area (Å²) in [6.45, 7) is 1.42. The first-order valence-electron chi connectivity index (χ1n) is 3.08. The lowest BCUT2D eigenvalue weighted by Gasteiger charge is -2.05. The van der Waals surface area contributed by atoms with Gasteiger partial charge < -0.3 is 4.42 Å². The zero-order chi connectivity index (χ0) is 9.35. The van der Waals surface area contributed by atoms with Crippen LogP contribution in [0.1, 0.15) is 11.5 Å². The van der Waals surface area contributed by atoms with Gasteiger partial charge in [0, 0.05) is 10.6 Å². The number of rotatable bonds is 0. The Morgan fingerprint density at radius 1 is 1.33 bits per heavy atom. The molecule has 0 bridgehead atoms. The van der Waals surface area contributed by atoms with Crippen molar-refractivity contribution in [3.8, 4) is 0 Å². The maximum atomic E-state index is 12.0. The molecule has 1 aromatic heterocycles. The van der Waals surface area contributed by atoms with Crippen LogP contribution in [-0.2, 0) is 6.18 Å². The lowest BCUT2D eigenvalue weighted by molar-refractivity contribution is -0.154. The number of hydrogen-bond donors (Lipinski definition) is 0. The van der Waals surface area contributed by atoms with E-state index in [0.717, 1.165) is 6.07 Å². The molecule has 0 saturated carbocycles. The Kier molecular flexibility index (Phi) is 2.23. The van der Waals surface area contributed by atoms with E-state index in [2.05, 4.69) is 16.6 Å². The van der Waals surface area contributed by atoms with Gasteiger partial charge in [0.25, 0.3) is 0 Å². The van der Waals surface area contributed by atoms with Gasteiger partial charge in [-0.1, -0.05) is 12.2 Å². The van der Waals surface area contributed by atoms with Gasteiger partial charge in [0.15, 0.2) is 0 Å². The summed E-state index contributed by atoms with van der Waals surface area (Å²) in [7, 11) is 0. The first-order valence-corrected chi connectivity index (χ1v) is 3.49. The normalized spacial score (nSPS) is 11.7. The van der Waals surface area contributed by atoms with Crippen molar-refractivity contribution < 1.29 is 17.6 Å². The summed E-state index contributed by atoms with van der Waals surface area (Å²) in [6, 6.07) is 2.16. The van der Waals surface area contributed by atoms with Crippen LogP contribution in [-0.4, -0.2) is 0 Å². The first-order chi connectivity index (χ1) is 5.39. The van der Waals surface area contributed by atoms with Crippen molar-refractivity contribution in [3.63, 3.8) is 0 Å². The molecule has 5 heteroatoms. The SMILES string of the molecule is Cc1cc(=S)cc(C(F)(F)F)o1. The van der Waals surface area contributed by atoms with Crippen molar-refractivity contribution in [2.45, 2.75) is 13.1 Å². The summed E-state index contributed by atoms with van der Waals surface area (Å²) in [4.78, 5) is 0. The topological polar surface area (TPSA) is 13.1 Å². The Bertz CT molecular complexity index is 339. The van der Waals surface area contributed by atoms with Crippen LogP contribution in [0.3, 0.4) is 0 Å². The van der Waals surface area contributed by atoms with E-state index in [0.29, 0.717) is 0 Å². The fourth-order valence-electron chi connectivity index (χ4n) is 0.743. The van der Waals surface area contributed by atoms with Crippen LogP contribution in [0.2, 0.25) is 0 Å². The quantitative estimate of drug-likeness (QED) is 0.587. The van der Waals surface area contributed by atoms with E-state index in [4.69, 9.17) is 0 Å². The Morgan fingerprint density at radius 3 is 2.33 bits per heavy atom. The van der Waals surface area contributed by atoms with Gasteiger partial charge >= 0.3 is 6.18 Å². The fraction of sp³-hybridized carbons (Fsp3) is 0.286. The van der Waals surface area contributed by atoms with E-state index >= 15 is 0 Å². The maximum absolute atomic E-state index is 12.0. The van der Waals surface area contributed by atoms with Gasteiger partial charge in [-0.3, -0.25) is 0 Å². The van der Waals surface area contributed by atoms with E-state index in [-0.39, 0.29) is 10.3 Å². The van der Waals surface area contributed by atoms with Crippen molar-refractivity contribution in [1.29, 1.82) is 0 Å². The van der Waals surface area contributed by atoms with Gasteiger partial charge in [-0.15, -0.1) is 0 Å². The molecule has 66 valence electrons. The van der Waals surface area contributed by atoms with Crippen molar-refractivity contribution in [1.82, 2.24) is 0 Å². The number of alkyl halides is 3. The third-order valence-electron chi connectivity index (χ3n) is 1.17. The lowest BCUT2D eigenvalue weighted by atomic mass is 10.3. The summed E-state index contributed by atoms with van der Waals surface area (Å²) in [5.41, 5.74) is 0. The second kappa shape index (κ2) is 2.90. The molecule has 0 fully saturated rings. The molecule has 0 radical (unpaired) electrons. The number of halogens is 3. The predicted molar refractivity (Wildman–Crippen MR) is 39.3 cm³/mol. The van der Waals surface area contributed by atoms with E-state index in [1.807, 2.05) is 0 Å². The minimum Gasteiger partial charge on any atom is -0.457 e. The molecule has 0 N–H and O–H groups in total. The van der Waals surface area contributed by atoms with Gasteiger partial charge in [0.05, 0.1) is 0 Å². The highest BCUT2D eigenvalue weighted by Gasteiger charge is 2.34. The average Bonchev–Trinajstić information content (AvgIpc) is 1.82. The largest absolute Gasteiger partial charge is 0.457 e. The second-order valence-electron chi connectivity index (χ2n) is 2.27. The molecular formula is C7H5F3OS. The van der Waals surface area contributed by atoms with Crippen molar-refractivity contribution >= 4 is 12.2 Å². The molecule has 0 saturated heterocycles. The predicted octanol–water partition coefficient (Wildman–Crippen LogP) is 3.34. The molecule has 1 rings (SSSR count). The fourth-order valence-corrected chi connectivity index (χ4v) is 1.02. The van der Waals surface area contributed by atoms with Crippen molar-refractivity contribution in [3.05, 3.63) is 28.2 Å².